The summed E-state index contributed by atoms with van der Waals surface area (Å²) < 4.78 is 5.33. The molecule has 1 aromatic rings. The van der Waals surface area contributed by atoms with Crippen LogP contribution in [-0.2, 0) is 17.7 Å². The SMILES string of the molecule is CN(CCCNCc1cccc2c1NCC2)C(=O)OC(C)(C)C. The van der Waals surface area contributed by atoms with Crippen LogP contribution >= 0.6 is 0 Å². The summed E-state index contributed by atoms with van der Waals surface area (Å²) in [6.45, 7) is 9.09. The van der Waals surface area contributed by atoms with Crippen molar-refractivity contribution in [2.24, 2.45) is 0 Å². The third-order valence-electron chi connectivity index (χ3n) is 3.80. The molecule has 1 heterocycles. The second-order valence-electron chi connectivity index (χ2n) is 7.06. The summed E-state index contributed by atoms with van der Waals surface area (Å²) in [5.41, 5.74) is 3.59. The van der Waals surface area contributed by atoms with E-state index in [4.69, 9.17) is 4.74 Å². The summed E-state index contributed by atoms with van der Waals surface area (Å²) in [6.07, 6.45) is 1.75. The van der Waals surface area contributed by atoms with Crippen molar-refractivity contribution in [1.82, 2.24) is 10.2 Å². The van der Waals surface area contributed by atoms with E-state index in [2.05, 4.69) is 28.8 Å². The van der Waals surface area contributed by atoms with Crippen LogP contribution < -0.4 is 10.6 Å². The highest BCUT2D eigenvalue weighted by Crippen LogP contribution is 2.26. The van der Waals surface area contributed by atoms with Crippen LogP contribution in [0.5, 0.6) is 0 Å². The Morgan fingerprint density at radius 3 is 2.91 bits per heavy atom. The number of nitrogens with zero attached hydrogens (tertiary/aromatic N) is 1. The minimum absolute atomic E-state index is 0.262. The van der Waals surface area contributed by atoms with Crippen LogP contribution in [0.1, 0.15) is 38.3 Å². The number of hydrogen-bond donors (Lipinski definition) is 2. The number of nitrogens with one attached hydrogen (secondary N) is 2. The van der Waals surface area contributed by atoms with Crippen molar-refractivity contribution in [2.45, 2.75) is 45.8 Å². The Kier molecular flexibility index (Phi) is 5.88. The van der Waals surface area contributed by atoms with Gasteiger partial charge in [0, 0.05) is 32.4 Å². The lowest BCUT2D eigenvalue weighted by Crippen LogP contribution is -2.35. The van der Waals surface area contributed by atoms with E-state index in [9.17, 15) is 4.79 Å². The summed E-state index contributed by atoms with van der Waals surface area (Å²) in [7, 11) is 1.78. The molecule has 1 aliphatic rings. The van der Waals surface area contributed by atoms with E-state index in [0.717, 1.165) is 32.5 Å². The van der Waals surface area contributed by atoms with Crippen LogP contribution in [0.4, 0.5) is 10.5 Å². The van der Waals surface area contributed by atoms with Gasteiger partial charge in [0.15, 0.2) is 0 Å². The smallest absolute Gasteiger partial charge is 0.410 e. The molecule has 0 radical (unpaired) electrons. The number of carbonyl (C=O) groups is 1. The van der Waals surface area contributed by atoms with E-state index < -0.39 is 5.60 Å². The highest BCUT2D eigenvalue weighted by atomic mass is 16.6. The van der Waals surface area contributed by atoms with Crippen LogP contribution in [0.3, 0.4) is 0 Å². The first-order chi connectivity index (χ1) is 10.9. The number of ether oxygens (including phenoxy) is 1. The van der Waals surface area contributed by atoms with Crippen LogP contribution in [0, 0.1) is 0 Å². The van der Waals surface area contributed by atoms with Gasteiger partial charge in [-0.2, -0.15) is 0 Å². The van der Waals surface area contributed by atoms with E-state index in [-0.39, 0.29) is 6.09 Å². The van der Waals surface area contributed by atoms with Crippen LogP contribution in [-0.4, -0.2) is 43.3 Å². The highest BCUT2D eigenvalue weighted by Gasteiger charge is 2.19. The number of amides is 1. The summed E-state index contributed by atoms with van der Waals surface area (Å²) >= 11 is 0. The molecule has 128 valence electrons. The fraction of sp³-hybridized carbons (Fsp3) is 0.611. The Balaban J connectivity index is 1.66. The molecule has 0 aromatic heterocycles. The first-order valence-corrected chi connectivity index (χ1v) is 8.36. The Labute approximate surface area is 139 Å². The van der Waals surface area contributed by atoms with Gasteiger partial charge in [0.05, 0.1) is 0 Å². The Bertz CT molecular complexity index is 538. The summed E-state index contributed by atoms with van der Waals surface area (Å²) in [5, 5.41) is 6.91. The van der Waals surface area contributed by atoms with Crippen molar-refractivity contribution in [3.63, 3.8) is 0 Å². The molecule has 5 nitrogen and oxygen atoms in total. The first kappa shape index (κ1) is 17.6. The number of hydrogen-bond acceptors (Lipinski definition) is 4. The van der Waals surface area contributed by atoms with Crippen molar-refractivity contribution < 1.29 is 9.53 Å². The predicted molar refractivity (Wildman–Crippen MR) is 93.8 cm³/mol. The summed E-state index contributed by atoms with van der Waals surface area (Å²) in [4.78, 5) is 13.5. The van der Waals surface area contributed by atoms with Crippen molar-refractivity contribution in [3.05, 3.63) is 29.3 Å². The topological polar surface area (TPSA) is 53.6 Å². The average Bonchev–Trinajstić information content (AvgIpc) is 2.94. The fourth-order valence-corrected chi connectivity index (χ4v) is 2.65. The van der Waals surface area contributed by atoms with E-state index in [1.54, 1.807) is 11.9 Å². The van der Waals surface area contributed by atoms with E-state index in [1.165, 1.54) is 16.8 Å². The van der Waals surface area contributed by atoms with Crippen molar-refractivity contribution in [3.8, 4) is 0 Å². The maximum Gasteiger partial charge on any atom is 0.410 e. The molecule has 5 heteroatoms. The van der Waals surface area contributed by atoms with Gasteiger partial charge in [-0.1, -0.05) is 18.2 Å². The lowest BCUT2D eigenvalue weighted by molar-refractivity contribution is 0.0297. The number of carbonyl (C=O) groups excluding carboxylic acids is 1. The van der Waals surface area contributed by atoms with Crippen LogP contribution in [0.2, 0.25) is 0 Å². The number of para-hydroxylation sites is 1. The Hall–Kier alpha value is -1.75. The zero-order valence-corrected chi connectivity index (χ0v) is 14.7. The summed E-state index contributed by atoms with van der Waals surface area (Å²) in [5.74, 6) is 0. The zero-order valence-electron chi connectivity index (χ0n) is 14.7. The molecular formula is C18H29N3O2. The monoisotopic (exact) mass is 319 g/mol. The van der Waals surface area contributed by atoms with Gasteiger partial charge in [-0.05, 0) is 51.3 Å². The van der Waals surface area contributed by atoms with Gasteiger partial charge in [-0.3, -0.25) is 0 Å². The van der Waals surface area contributed by atoms with Crippen LogP contribution in [0.25, 0.3) is 0 Å². The van der Waals surface area contributed by atoms with E-state index in [0.29, 0.717) is 6.54 Å². The second-order valence-corrected chi connectivity index (χ2v) is 7.06. The molecular weight excluding hydrogens is 290 g/mol. The number of rotatable bonds is 6. The van der Waals surface area contributed by atoms with Gasteiger partial charge in [0.25, 0.3) is 0 Å². The molecule has 0 atom stereocenters. The molecule has 2 rings (SSSR count). The number of anilines is 1. The van der Waals surface area contributed by atoms with Crippen LogP contribution in [0.15, 0.2) is 18.2 Å². The molecule has 2 N–H and O–H groups in total. The molecule has 23 heavy (non-hydrogen) atoms. The molecule has 0 bridgehead atoms. The summed E-state index contributed by atoms with van der Waals surface area (Å²) in [6, 6.07) is 6.48. The molecule has 0 saturated carbocycles. The minimum atomic E-state index is -0.440. The zero-order chi connectivity index (χ0) is 16.9. The normalized spacial score (nSPS) is 13.4. The van der Waals surface area contributed by atoms with Gasteiger partial charge in [-0.25, -0.2) is 4.79 Å². The molecule has 1 aromatic carbocycles. The quantitative estimate of drug-likeness (QED) is 0.792. The number of fused-ring (bicyclic) bond motifs is 1. The van der Waals surface area contributed by atoms with Crippen molar-refractivity contribution in [1.29, 1.82) is 0 Å². The van der Waals surface area contributed by atoms with Crippen molar-refractivity contribution >= 4 is 11.8 Å². The molecule has 0 fully saturated rings. The van der Waals surface area contributed by atoms with E-state index >= 15 is 0 Å². The highest BCUT2D eigenvalue weighted by molar-refractivity contribution is 5.67. The maximum absolute atomic E-state index is 11.8. The lowest BCUT2D eigenvalue weighted by Gasteiger charge is -2.24. The van der Waals surface area contributed by atoms with Gasteiger partial charge in [-0.15, -0.1) is 0 Å². The van der Waals surface area contributed by atoms with Gasteiger partial charge in [0.2, 0.25) is 0 Å². The lowest BCUT2D eigenvalue weighted by atomic mass is 10.1. The molecule has 0 aliphatic carbocycles. The van der Waals surface area contributed by atoms with Crippen molar-refractivity contribution in [2.75, 3.05) is 32.0 Å². The first-order valence-electron chi connectivity index (χ1n) is 8.36. The number of benzene rings is 1. The maximum atomic E-state index is 11.8. The Morgan fingerprint density at radius 1 is 1.39 bits per heavy atom. The minimum Gasteiger partial charge on any atom is -0.444 e. The average molecular weight is 319 g/mol. The predicted octanol–water partition coefficient (Wildman–Crippen LogP) is 3.00. The van der Waals surface area contributed by atoms with Gasteiger partial charge in [0.1, 0.15) is 5.60 Å². The van der Waals surface area contributed by atoms with Gasteiger partial charge >= 0.3 is 6.09 Å². The molecule has 0 unspecified atom stereocenters. The second kappa shape index (κ2) is 7.68. The largest absolute Gasteiger partial charge is 0.444 e. The third-order valence-corrected chi connectivity index (χ3v) is 3.80. The fourth-order valence-electron chi connectivity index (χ4n) is 2.65. The van der Waals surface area contributed by atoms with E-state index in [1.807, 2.05) is 20.8 Å². The molecule has 0 saturated heterocycles. The third kappa shape index (κ3) is 5.43. The molecule has 1 aliphatic heterocycles. The van der Waals surface area contributed by atoms with Gasteiger partial charge < -0.3 is 20.3 Å². The molecule has 0 spiro atoms. The molecule has 1 amide bonds. The Morgan fingerprint density at radius 2 is 2.17 bits per heavy atom. The standard InChI is InChI=1S/C18H29N3O2/c1-18(2,3)23-17(22)21(4)12-6-10-19-13-15-8-5-7-14-9-11-20-16(14)15/h5,7-8,19-20H,6,9-13H2,1-4H3.